The van der Waals surface area contributed by atoms with Gasteiger partial charge in [0, 0.05) is 0 Å². The zero-order valence-electron chi connectivity index (χ0n) is 7.67. The fourth-order valence-electron chi connectivity index (χ4n) is 0.662. The molecule has 0 aromatic rings. The average Bonchev–Trinajstić information content (AvgIpc) is 1.99. The zero-order valence-corrected chi connectivity index (χ0v) is 7.67. The second-order valence-electron chi connectivity index (χ2n) is 3.20. The summed E-state index contributed by atoms with van der Waals surface area (Å²) in [6.45, 7) is 9.65. The second kappa shape index (κ2) is 5.14. The van der Waals surface area contributed by atoms with Crippen LogP contribution in [0.5, 0.6) is 0 Å². The molecule has 0 heterocycles. The van der Waals surface area contributed by atoms with Gasteiger partial charge in [0.15, 0.2) is 0 Å². The maximum atomic E-state index is 9.39. The third-order valence-corrected chi connectivity index (χ3v) is 1.77. The highest BCUT2D eigenvalue weighted by atomic mass is 16.3. The first-order chi connectivity index (χ1) is 5.07. The Hall–Kier alpha value is -0.560. The average molecular weight is 154 g/mol. The Balaban J connectivity index is 3.77. The number of rotatable bonds is 4. The van der Waals surface area contributed by atoms with Crippen LogP contribution >= 0.6 is 0 Å². The van der Waals surface area contributed by atoms with Crippen molar-refractivity contribution in [1.29, 1.82) is 0 Å². The molecule has 0 spiro atoms. The minimum Gasteiger partial charge on any atom is -0.393 e. The van der Waals surface area contributed by atoms with E-state index in [-0.39, 0.29) is 6.10 Å². The molecule has 0 amide bonds. The normalized spacial score (nSPS) is 15.2. The number of aliphatic hydroxyl groups excluding tert-OH is 1. The fraction of sp³-hybridized carbons (Fsp3) is 0.600. The molecule has 0 aromatic heterocycles. The van der Waals surface area contributed by atoms with Crippen molar-refractivity contribution in [3.8, 4) is 0 Å². The van der Waals surface area contributed by atoms with Crippen molar-refractivity contribution in [2.75, 3.05) is 0 Å². The summed E-state index contributed by atoms with van der Waals surface area (Å²) in [7, 11) is 0. The van der Waals surface area contributed by atoms with Gasteiger partial charge < -0.3 is 5.11 Å². The van der Waals surface area contributed by atoms with Gasteiger partial charge in [-0.2, -0.15) is 0 Å². The van der Waals surface area contributed by atoms with Crippen LogP contribution in [0.2, 0.25) is 0 Å². The predicted molar refractivity (Wildman–Crippen MR) is 49.4 cm³/mol. The number of hydrogen-bond acceptors (Lipinski definition) is 1. The van der Waals surface area contributed by atoms with E-state index in [9.17, 15) is 5.11 Å². The molecule has 0 fully saturated rings. The number of aliphatic hydroxyl groups is 1. The van der Waals surface area contributed by atoms with Crippen LogP contribution in [-0.4, -0.2) is 11.2 Å². The third-order valence-electron chi connectivity index (χ3n) is 1.77. The topological polar surface area (TPSA) is 20.2 Å². The molecule has 1 nitrogen and oxygen atoms in total. The maximum absolute atomic E-state index is 9.39. The summed E-state index contributed by atoms with van der Waals surface area (Å²) in [5.74, 6) is 0.337. The van der Waals surface area contributed by atoms with Gasteiger partial charge in [-0.15, -0.1) is 0 Å². The summed E-state index contributed by atoms with van der Waals surface area (Å²) >= 11 is 0. The van der Waals surface area contributed by atoms with Crippen LogP contribution in [0.1, 0.15) is 27.2 Å². The molecule has 0 saturated carbocycles. The monoisotopic (exact) mass is 154 g/mol. The highest BCUT2D eigenvalue weighted by Gasteiger charge is 2.05. The summed E-state index contributed by atoms with van der Waals surface area (Å²) < 4.78 is 0. The van der Waals surface area contributed by atoms with Crippen LogP contribution in [0.15, 0.2) is 24.3 Å². The van der Waals surface area contributed by atoms with E-state index in [0.717, 1.165) is 12.0 Å². The molecule has 0 aliphatic heterocycles. The van der Waals surface area contributed by atoms with Gasteiger partial charge in [0.25, 0.3) is 0 Å². The van der Waals surface area contributed by atoms with Crippen molar-refractivity contribution < 1.29 is 5.11 Å². The van der Waals surface area contributed by atoms with Crippen molar-refractivity contribution >= 4 is 0 Å². The highest BCUT2D eigenvalue weighted by molar-refractivity contribution is 5.12. The van der Waals surface area contributed by atoms with Gasteiger partial charge in [-0.25, -0.2) is 0 Å². The molecule has 64 valence electrons. The smallest absolute Gasteiger partial charge is 0.0597 e. The fourth-order valence-corrected chi connectivity index (χ4v) is 0.662. The SMILES string of the molecule is C=CC(C)=CCC(O)C(C)C. The lowest BCUT2D eigenvalue weighted by atomic mass is 10.0. The molecule has 1 N–H and O–H groups in total. The Bertz CT molecular complexity index is 145. The van der Waals surface area contributed by atoms with Crippen molar-refractivity contribution in [3.05, 3.63) is 24.3 Å². The molecule has 0 aliphatic carbocycles. The van der Waals surface area contributed by atoms with E-state index in [2.05, 4.69) is 6.58 Å². The second-order valence-corrected chi connectivity index (χ2v) is 3.20. The van der Waals surface area contributed by atoms with Gasteiger partial charge in [0.2, 0.25) is 0 Å². The summed E-state index contributed by atoms with van der Waals surface area (Å²) in [4.78, 5) is 0. The van der Waals surface area contributed by atoms with E-state index >= 15 is 0 Å². The molecule has 1 heteroatoms. The lowest BCUT2D eigenvalue weighted by Gasteiger charge is -2.11. The van der Waals surface area contributed by atoms with Gasteiger partial charge >= 0.3 is 0 Å². The van der Waals surface area contributed by atoms with Gasteiger partial charge in [-0.3, -0.25) is 0 Å². The molecule has 0 saturated heterocycles. The third kappa shape index (κ3) is 4.79. The Kier molecular flexibility index (Phi) is 4.88. The van der Waals surface area contributed by atoms with E-state index in [1.807, 2.05) is 26.8 Å². The standard InChI is InChI=1S/C10H18O/c1-5-9(4)6-7-10(11)8(2)3/h5-6,8,10-11H,1,7H2,2-4H3. The lowest BCUT2D eigenvalue weighted by molar-refractivity contribution is 0.128. The number of allylic oxidation sites excluding steroid dienone is 2. The van der Waals surface area contributed by atoms with E-state index in [1.54, 1.807) is 6.08 Å². The first-order valence-corrected chi connectivity index (χ1v) is 4.05. The van der Waals surface area contributed by atoms with Crippen LogP contribution in [0.4, 0.5) is 0 Å². The van der Waals surface area contributed by atoms with Gasteiger partial charge in [-0.1, -0.05) is 38.2 Å². The predicted octanol–water partition coefficient (Wildman–Crippen LogP) is 2.53. The van der Waals surface area contributed by atoms with E-state index in [1.165, 1.54) is 0 Å². The summed E-state index contributed by atoms with van der Waals surface area (Å²) in [5.41, 5.74) is 1.13. The first-order valence-electron chi connectivity index (χ1n) is 4.05. The summed E-state index contributed by atoms with van der Waals surface area (Å²) in [6, 6.07) is 0. The maximum Gasteiger partial charge on any atom is 0.0597 e. The molecular formula is C10H18O. The minimum atomic E-state index is -0.218. The van der Waals surface area contributed by atoms with Gasteiger partial charge in [0.05, 0.1) is 6.10 Å². The quantitative estimate of drug-likeness (QED) is 0.617. The largest absolute Gasteiger partial charge is 0.393 e. The molecule has 1 atom stereocenters. The number of hydrogen-bond donors (Lipinski definition) is 1. The van der Waals surface area contributed by atoms with Crippen LogP contribution in [0.3, 0.4) is 0 Å². The van der Waals surface area contributed by atoms with Crippen molar-refractivity contribution in [2.24, 2.45) is 5.92 Å². The van der Waals surface area contributed by atoms with Crippen LogP contribution < -0.4 is 0 Å². The molecule has 11 heavy (non-hydrogen) atoms. The van der Waals surface area contributed by atoms with Crippen LogP contribution in [0, 0.1) is 5.92 Å². The summed E-state index contributed by atoms with van der Waals surface area (Å²) in [6.07, 6.45) is 4.32. The molecule has 0 rings (SSSR count). The molecule has 1 unspecified atom stereocenters. The van der Waals surface area contributed by atoms with Crippen molar-refractivity contribution in [2.45, 2.75) is 33.3 Å². The Morgan fingerprint density at radius 3 is 2.45 bits per heavy atom. The van der Waals surface area contributed by atoms with Crippen molar-refractivity contribution in [1.82, 2.24) is 0 Å². The zero-order chi connectivity index (χ0) is 8.85. The Labute approximate surface area is 69.4 Å². The Morgan fingerprint density at radius 1 is 1.55 bits per heavy atom. The highest BCUT2D eigenvalue weighted by Crippen LogP contribution is 2.07. The van der Waals surface area contributed by atoms with E-state index < -0.39 is 0 Å². The van der Waals surface area contributed by atoms with Crippen molar-refractivity contribution in [3.63, 3.8) is 0 Å². The van der Waals surface area contributed by atoms with E-state index in [4.69, 9.17) is 0 Å². The van der Waals surface area contributed by atoms with Crippen LogP contribution in [0.25, 0.3) is 0 Å². The molecule has 0 radical (unpaired) electrons. The molecule has 0 bridgehead atoms. The molecular weight excluding hydrogens is 136 g/mol. The minimum absolute atomic E-state index is 0.218. The lowest BCUT2D eigenvalue weighted by Crippen LogP contribution is -2.12. The van der Waals surface area contributed by atoms with Crippen LogP contribution in [-0.2, 0) is 0 Å². The van der Waals surface area contributed by atoms with E-state index in [0.29, 0.717) is 5.92 Å². The molecule has 0 aliphatic rings. The first kappa shape index (κ1) is 10.4. The molecule has 0 aromatic carbocycles. The summed E-state index contributed by atoms with van der Waals surface area (Å²) in [5, 5.41) is 9.39. The van der Waals surface area contributed by atoms with Gasteiger partial charge in [0.1, 0.15) is 0 Å². The van der Waals surface area contributed by atoms with Gasteiger partial charge in [-0.05, 0) is 19.3 Å². The Morgan fingerprint density at radius 2 is 2.09 bits per heavy atom.